The van der Waals surface area contributed by atoms with E-state index in [4.69, 9.17) is 5.73 Å². The van der Waals surface area contributed by atoms with Crippen LogP contribution in [-0.4, -0.2) is 23.4 Å². The summed E-state index contributed by atoms with van der Waals surface area (Å²) in [6.45, 7) is 6.45. The predicted octanol–water partition coefficient (Wildman–Crippen LogP) is 3.14. The number of halogens is 2. The summed E-state index contributed by atoms with van der Waals surface area (Å²) in [7, 11) is 0. The number of hydrogen-bond donors (Lipinski definition) is 1. The first kappa shape index (κ1) is 17.9. The van der Waals surface area contributed by atoms with E-state index in [2.05, 4.69) is 6.92 Å². The second kappa shape index (κ2) is 7.23. The third-order valence-corrected chi connectivity index (χ3v) is 4.24. The molecule has 1 aliphatic heterocycles. The Morgan fingerprint density at radius 1 is 1.38 bits per heavy atom. The van der Waals surface area contributed by atoms with E-state index in [9.17, 15) is 9.18 Å². The van der Waals surface area contributed by atoms with Gasteiger partial charge < -0.3 is 10.6 Å². The molecule has 21 heavy (non-hydrogen) atoms. The van der Waals surface area contributed by atoms with E-state index in [0.29, 0.717) is 18.0 Å². The van der Waals surface area contributed by atoms with Crippen molar-refractivity contribution < 1.29 is 9.18 Å². The molecule has 5 heteroatoms. The number of carbonyl (C=O) groups is 1. The summed E-state index contributed by atoms with van der Waals surface area (Å²) >= 11 is 0. The van der Waals surface area contributed by atoms with Gasteiger partial charge in [-0.2, -0.15) is 0 Å². The number of rotatable bonds is 3. The lowest BCUT2D eigenvalue weighted by Gasteiger charge is -2.29. The fourth-order valence-electron chi connectivity index (χ4n) is 2.82. The largest absolute Gasteiger partial charge is 0.335 e. The van der Waals surface area contributed by atoms with Crippen molar-refractivity contribution in [3.05, 3.63) is 35.6 Å². The zero-order valence-corrected chi connectivity index (χ0v) is 13.6. The van der Waals surface area contributed by atoms with Crippen LogP contribution in [0.3, 0.4) is 0 Å². The van der Waals surface area contributed by atoms with Gasteiger partial charge in [-0.25, -0.2) is 4.39 Å². The van der Waals surface area contributed by atoms with Gasteiger partial charge in [0.1, 0.15) is 5.82 Å². The minimum Gasteiger partial charge on any atom is -0.335 e. The molecule has 1 aromatic carbocycles. The number of hydrogen-bond acceptors (Lipinski definition) is 2. The van der Waals surface area contributed by atoms with E-state index in [1.807, 2.05) is 19.9 Å². The molecule has 1 aromatic rings. The first-order chi connectivity index (χ1) is 9.41. The summed E-state index contributed by atoms with van der Waals surface area (Å²) < 4.78 is 14.0. The van der Waals surface area contributed by atoms with Gasteiger partial charge in [-0.15, -0.1) is 12.4 Å². The van der Waals surface area contributed by atoms with E-state index in [-0.39, 0.29) is 42.1 Å². The van der Waals surface area contributed by atoms with E-state index < -0.39 is 0 Å². The summed E-state index contributed by atoms with van der Waals surface area (Å²) in [6, 6.07) is 6.36. The van der Waals surface area contributed by atoms with Gasteiger partial charge in [-0.1, -0.05) is 32.0 Å². The molecule has 0 radical (unpaired) electrons. The fraction of sp³-hybridized carbons (Fsp3) is 0.562. The summed E-state index contributed by atoms with van der Waals surface area (Å²) in [5.41, 5.74) is 6.44. The van der Waals surface area contributed by atoms with Crippen LogP contribution in [0.1, 0.15) is 38.8 Å². The Morgan fingerprint density at radius 2 is 2.00 bits per heavy atom. The zero-order chi connectivity index (χ0) is 14.9. The number of benzene rings is 1. The number of amides is 1. The van der Waals surface area contributed by atoms with Crippen LogP contribution in [-0.2, 0) is 4.79 Å². The molecule has 0 aliphatic carbocycles. The topological polar surface area (TPSA) is 46.3 Å². The number of nitrogens with two attached hydrogens (primary N) is 1. The number of carbonyl (C=O) groups excluding carboxylic acids is 1. The van der Waals surface area contributed by atoms with Gasteiger partial charge in [0.15, 0.2) is 0 Å². The highest BCUT2D eigenvalue weighted by Crippen LogP contribution is 2.37. The van der Waals surface area contributed by atoms with E-state index in [1.54, 1.807) is 17.0 Å². The quantitative estimate of drug-likeness (QED) is 0.931. The number of likely N-dealkylation sites (tertiary alicyclic amines) is 1. The summed E-state index contributed by atoms with van der Waals surface area (Å²) in [6.07, 6.45) is 0.804. The smallest absolute Gasteiger partial charge is 0.227 e. The SMILES string of the molecule is CC1CC(c2ccccc2F)N(C(=O)C(C)C(C)N)C1.Cl. The lowest BCUT2D eigenvalue weighted by Crippen LogP contribution is -2.41. The van der Waals surface area contributed by atoms with Gasteiger partial charge in [0, 0.05) is 18.2 Å². The predicted molar refractivity (Wildman–Crippen MR) is 84.7 cm³/mol. The van der Waals surface area contributed by atoms with E-state index in [1.165, 1.54) is 6.07 Å². The lowest BCUT2D eigenvalue weighted by molar-refractivity contribution is -0.136. The van der Waals surface area contributed by atoms with E-state index >= 15 is 0 Å². The fourth-order valence-corrected chi connectivity index (χ4v) is 2.82. The highest BCUT2D eigenvalue weighted by molar-refractivity contribution is 5.85. The molecule has 1 amide bonds. The molecule has 2 rings (SSSR count). The van der Waals surface area contributed by atoms with Crippen molar-refractivity contribution in [2.75, 3.05) is 6.54 Å². The summed E-state index contributed by atoms with van der Waals surface area (Å²) in [5.74, 6) is -0.0751. The average molecular weight is 315 g/mol. The minimum absolute atomic E-state index is 0. The standard InChI is InChI=1S/C16H23FN2O.ClH/c1-10-8-15(13-6-4-5-7-14(13)17)19(9-10)16(20)11(2)12(3)18;/h4-7,10-12,15H,8-9,18H2,1-3H3;1H. The molecule has 0 saturated carbocycles. The van der Waals surface area contributed by atoms with Gasteiger partial charge in [0.2, 0.25) is 5.91 Å². The van der Waals surface area contributed by atoms with Gasteiger partial charge in [0.25, 0.3) is 0 Å². The molecule has 4 atom stereocenters. The van der Waals surface area contributed by atoms with E-state index in [0.717, 1.165) is 6.42 Å². The van der Waals surface area contributed by atoms with Crippen molar-refractivity contribution >= 4 is 18.3 Å². The maximum absolute atomic E-state index is 14.0. The molecular weight excluding hydrogens is 291 g/mol. The average Bonchev–Trinajstić information content (AvgIpc) is 2.79. The Kier molecular flexibility index (Phi) is 6.17. The second-order valence-electron chi connectivity index (χ2n) is 6.02. The Bertz CT molecular complexity index is 495. The van der Waals surface area contributed by atoms with Gasteiger partial charge in [-0.3, -0.25) is 4.79 Å². The Hall–Kier alpha value is -1.13. The van der Waals surface area contributed by atoms with Crippen LogP contribution < -0.4 is 5.73 Å². The molecule has 3 nitrogen and oxygen atoms in total. The van der Waals surface area contributed by atoms with Crippen molar-refractivity contribution in [1.29, 1.82) is 0 Å². The van der Waals surface area contributed by atoms with Crippen LogP contribution in [0, 0.1) is 17.7 Å². The Morgan fingerprint density at radius 3 is 2.57 bits per heavy atom. The van der Waals surface area contributed by atoms with Crippen molar-refractivity contribution in [3.63, 3.8) is 0 Å². The van der Waals surface area contributed by atoms with Gasteiger partial charge in [0.05, 0.1) is 12.0 Å². The van der Waals surface area contributed by atoms with Gasteiger partial charge in [-0.05, 0) is 25.3 Å². The highest BCUT2D eigenvalue weighted by atomic mass is 35.5. The molecular formula is C16H24ClFN2O. The maximum atomic E-state index is 14.0. The molecule has 0 aromatic heterocycles. The van der Waals surface area contributed by atoms with Crippen LogP contribution in [0.25, 0.3) is 0 Å². The molecule has 1 aliphatic rings. The third-order valence-electron chi connectivity index (χ3n) is 4.24. The van der Waals surface area contributed by atoms with Crippen LogP contribution in [0.4, 0.5) is 4.39 Å². The molecule has 2 N–H and O–H groups in total. The minimum atomic E-state index is -0.241. The van der Waals surface area contributed by atoms with Crippen LogP contribution in [0.2, 0.25) is 0 Å². The van der Waals surface area contributed by atoms with Crippen LogP contribution in [0.5, 0.6) is 0 Å². The molecule has 118 valence electrons. The van der Waals surface area contributed by atoms with Crippen molar-refractivity contribution in [3.8, 4) is 0 Å². The van der Waals surface area contributed by atoms with Gasteiger partial charge >= 0.3 is 0 Å². The van der Waals surface area contributed by atoms with Crippen LogP contribution >= 0.6 is 12.4 Å². The second-order valence-corrected chi connectivity index (χ2v) is 6.02. The summed E-state index contributed by atoms with van der Waals surface area (Å²) in [4.78, 5) is 14.4. The molecule has 1 fully saturated rings. The Balaban J connectivity index is 0.00000220. The van der Waals surface area contributed by atoms with Crippen LogP contribution in [0.15, 0.2) is 24.3 Å². The summed E-state index contributed by atoms with van der Waals surface area (Å²) in [5, 5.41) is 0. The van der Waals surface area contributed by atoms with Crippen molar-refractivity contribution in [2.45, 2.75) is 39.3 Å². The first-order valence-corrected chi connectivity index (χ1v) is 7.22. The lowest BCUT2D eigenvalue weighted by atomic mass is 9.98. The monoisotopic (exact) mass is 314 g/mol. The maximum Gasteiger partial charge on any atom is 0.227 e. The van der Waals surface area contributed by atoms with Crippen molar-refractivity contribution in [2.24, 2.45) is 17.6 Å². The Labute approximate surface area is 132 Å². The molecule has 0 spiro atoms. The zero-order valence-electron chi connectivity index (χ0n) is 12.8. The third kappa shape index (κ3) is 3.74. The normalized spacial score (nSPS) is 24.3. The first-order valence-electron chi connectivity index (χ1n) is 7.22. The van der Waals surface area contributed by atoms with Crippen molar-refractivity contribution in [1.82, 2.24) is 4.90 Å². The molecule has 4 unspecified atom stereocenters. The molecule has 0 bridgehead atoms. The highest BCUT2D eigenvalue weighted by Gasteiger charge is 2.37. The molecule has 1 heterocycles. The molecule has 1 saturated heterocycles. The number of nitrogens with zero attached hydrogens (tertiary/aromatic N) is 1.